The van der Waals surface area contributed by atoms with Crippen molar-refractivity contribution in [2.75, 3.05) is 12.0 Å². The first kappa shape index (κ1) is 26.8. The van der Waals surface area contributed by atoms with Crippen LogP contribution in [0.3, 0.4) is 0 Å². The van der Waals surface area contributed by atoms with Gasteiger partial charge in [0.05, 0.1) is 24.4 Å². The zero-order valence-corrected chi connectivity index (χ0v) is 22.8. The first-order valence-electron chi connectivity index (χ1n) is 12.3. The highest BCUT2D eigenvalue weighted by Crippen LogP contribution is 2.43. The van der Waals surface area contributed by atoms with Crippen molar-refractivity contribution in [2.45, 2.75) is 26.5 Å². The van der Waals surface area contributed by atoms with Gasteiger partial charge in [0.2, 0.25) is 0 Å². The molecule has 202 valence electrons. The van der Waals surface area contributed by atoms with Crippen LogP contribution in [0, 0.1) is 13.8 Å². The molecule has 1 saturated heterocycles. The second-order valence-electron chi connectivity index (χ2n) is 9.16. The summed E-state index contributed by atoms with van der Waals surface area (Å²) in [6.07, 6.45) is 3.08. The topological polar surface area (TPSA) is 119 Å². The molecule has 3 heterocycles. The van der Waals surface area contributed by atoms with Crippen molar-refractivity contribution >= 4 is 39.9 Å². The Labute approximate surface area is 234 Å². The summed E-state index contributed by atoms with van der Waals surface area (Å²) in [5.41, 5.74) is 3.24. The van der Waals surface area contributed by atoms with Crippen LogP contribution in [-0.4, -0.2) is 39.8 Å². The number of esters is 1. The van der Waals surface area contributed by atoms with E-state index in [4.69, 9.17) is 9.47 Å². The van der Waals surface area contributed by atoms with Gasteiger partial charge in [0.1, 0.15) is 23.0 Å². The Balaban J connectivity index is 1.51. The molecule has 1 atom stereocenters. The van der Waals surface area contributed by atoms with Gasteiger partial charge in [0.15, 0.2) is 5.13 Å². The van der Waals surface area contributed by atoms with Gasteiger partial charge in [-0.05, 0) is 55.3 Å². The highest BCUT2D eigenvalue weighted by atomic mass is 32.1. The van der Waals surface area contributed by atoms with E-state index in [1.165, 1.54) is 18.2 Å². The van der Waals surface area contributed by atoms with Gasteiger partial charge in [0, 0.05) is 18.0 Å². The molecule has 0 radical (unpaired) electrons. The third-order valence-electron chi connectivity index (χ3n) is 6.42. The number of pyridine rings is 1. The number of ketones is 1. The van der Waals surface area contributed by atoms with Crippen LogP contribution >= 0.6 is 11.3 Å². The van der Waals surface area contributed by atoms with Crippen LogP contribution in [0.4, 0.5) is 5.13 Å². The zero-order valence-electron chi connectivity index (χ0n) is 22.0. The molecule has 10 heteroatoms. The fourth-order valence-electron chi connectivity index (χ4n) is 4.48. The van der Waals surface area contributed by atoms with E-state index in [9.17, 15) is 19.5 Å². The number of aliphatic hydroxyl groups excluding tert-OH is 1. The Kier molecular flexibility index (Phi) is 7.43. The normalized spacial score (nSPS) is 16.3. The molecule has 0 aliphatic carbocycles. The molecule has 0 saturated carbocycles. The summed E-state index contributed by atoms with van der Waals surface area (Å²) in [6.45, 7) is 4.00. The molecular formula is C30H25N3O6S. The number of thiazole rings is 1. The van der Waals surface area contributed by atoms with Gasteiger partial charge in [-0.15, -0.1) is 0 Å². The number of anilines is 1. The molecule has 0 spiro atoms. The lowest BCUT2D eigenvalue weighted by atomic mass is 9.96. The first-order valence-corrected chi connectivity index (χ1v) is 13.2. The molecule has 1 aliphatic heterocycles. The number of rotatable bonds is 7. The van der Waals surface area contributed by atoms with E-state index in [0.717, 1.165) is 22.5 Å². The number of aryl methyl sites for hydroxylation is 2. The van der Waals surface area contributed by atoms with Crippen molar-refractivity contribution in [3.05, 3.63) is 111 Å². The third-order valence-corrected chi connectivity index (χ3v) is 7.56. The maximum absolute atomic E-state index is 13.4. The monoisotopic (exact) mass is 555 g/mol. The van der Waals surface area contributed by atoms with Crippen molar-refractivity contribution in [3.63, 3.8) is 0 Å². The largest absolute Gasteiger partial charge is 0.507 e. The number of hydrogen-bond donors (Lipinski definition) is 1. The number of Topliss-reactive ketones (excluding diaryl/α,β-unsaturated/α-hetero) is 1. The molecule has 0 unspecified atom stereocenters. The van der Waals surface area contributed by atoms with Gasteiger partial charge in [-0.25, -0.2) is 9.78 Å². The van der Waals surface area contributed by atoms with Crippen LogP contribution in [0.2, 0.25) is 0 Å². The van der Waals surface area contributed by atoms with E-state index in [0.29, 0.717) is 29.2 Å². The molecule has 5 rings (SSSR count). The third kappa shape index (κ3) is 5.08. The van der Waals surface area contributed by atoms with E-state index >= 15 is 0 Å². The minimum atomic E-state index is -1.01. The Morgan fingerprint density at radius 1 is 1.07 bits per heavy atom. The molecule has 2 aromatic carbocycles. The van der Waals surface area contributed by atoms with Gasteiger partial charge in [-0.2, -0.15) is 0 Å². The number of carbonyl (C=O) groups is 3. The highest BCUT2D eigenvalue weighted by Gasteiger charge is 2.48. The van der Waals surface area contributed by atoms with Crippen molar-refractivity contribution in [1.82, 2.24) is 9.97 Å². The molecule has 1 aliphatic rings. The van der Waals surface area contributed by atoms with E-state index in [2.05, 4.69) is 9.97 Å². The summed E-state index contributed by atoms with van der Waals surface area (Å²) in [4.78, 5) is 48.8. The number of aromatic nitrogens is 2. The molecule has 1 amide bonds. The standard InChI is InChI=1S/C30H25N3O6S/c1-17-6-4-7-19(14-17)16-39-22-11-9-20(10-12-22)25(34)23-24(21-8-5-13-31-15-21)33(28(36)26(23)35)30-32-18(2)27(40-30)29(37)38-3/h4-15,24,34H,16H2,1-3H3/b25-23+/t24-/m0/s1. The number of ether oxygens (including phenoxy) is 2. The van der Waals surface area contributed by atoms with E-state index in [1.54, 1.807) is 49.5 Å². The van der Waals surface area contributed by atoms with E-state index in [-0.39, 0.29) is 21.3 Å². The van der Waals surface area contributed by atoms with Gasteiger partial charge >= 0.3 is 11.9 Å². The molecule has 4 aromatic rings. The van der Waals surface area contributed by atoms with Crippen LogP contribution < -0.4 is 9.64 Å². The van der Waals surface area contributed by atoms with Crippen molar-refractivity contribution in [1.29, 1.82) is 0 Å². The second kappa shape index (κ2) is 11.1. The Bertz CT molecular complexity index is 1630. The number of benzene rings is 2. The van der Waals surface area contributed by atoms with Crippen LogP contribution in [-0.2, 0) is 20.9 Å². The summed E-state index contributed by atoms with van der Waals surface area (Å²) in [6, 6.07) is 17.0. The maximum Gasteiger partial charge on any atom is 0.350 e. The SMILES string of the molecule is COC(=O)c1sc(N2C(=O)C(=O)/C(=C(/O)c3ccc(OCc4cccc(C)c4)cc3)[C@@H]2c2cccnc2)nc1C. The quantitative estimate of drug-likeness (QED) is 0.144. The van der Waals surface area contributed by atoms with Gasteiger partial charge in [-0.1, -0.05) is 47.2 Å². The van der Waals surface area contributed by atoms with Crippen molar-refractivity contribution in [3.8, 4) is 5.75 Å². The number of methoxy groups -OCH3 is 1. The molecule has 1 fully saturated rings. The van der Waals surface area contributed by atoms with Crippen LogP contribution in [0.1, 0.15) is 43.7 Å². The molecule has 0 bridgehead atoms. The lowest BCUT2D eigenvalue weighted by Gasteiger charge is -2.22. The number of aliphatic hydroxyl groups is 1. The predicted molar refractivity (Wildman–Crippen MR) is 149 cm³/mol. The van der Waals surface area contributed by atoms with Gasteiger partial charge in [0.25, 0.3) is 5.78 Å². The summed E-state index contributed by atoms with van der Waals surface area (Å²) < 4.78 is 10.7. The Hall–Kier alpha value is -4.83. The summed E-state index contributed by atoms with van der Waals surface area (Å²) in [5.74, 6) is -2.12. The average molecular weight is 556 g/mol. The van der Waals surface area contributed by atoms with Crippen LogP contribution in [0.25, 0.3) is 5.76 Å². The fourth-order valence-corrected chi connectivity index (χ4v) is 5.50. The lowest BCUT2D eigenvalue weighted by molar-refractivity contribution is -0.132. The average Bonchev–Trinajstić information content (AvgIpc) is 3.48. The summed E-state index contributed by atoms with van der Waals surface area (Å²) in [7, 11) is 1.25. The smallest absolute Gasteiger partial charge is 0.350 e. The minimum Gasteiger partial charge on any atom is -0.507 e. The van der Waals surface area contributed by atoms with Crippen molar-refractivity contribution in [2.24, 2.45) is 0 Å². The minimum absolute atomic E-state index is 0.112. The second-order valence-corrected chi connectivity index (χ2v) is 10.1. The Morgan fingerprint density at radius 3 is 2.52 bits per heavy atom. The summed E-state index contributed by atoms with van der Waals surface area (Å²) in [5, 5.41) is 11.5. The van der Waals surface area contributed by atoms with Gasteiger partial charge < -0.3 is 14.6 Å². The van der Waals surface area contributed by atoms with E-state index in [1.807, 2.05) is 31.2 Å². The maximum atomic E-state index is 13.4. The summed E-state index contributed by atoms with van der Waals surface area (Å²) >= 11 is 0.936. The molecule has 9 nitrogen and oxygen atoms in total. The molecule has 40 heavy (non-hydrogen) atoms. The van der Waals surface area contributed by atoms with Crippen LogP contribution in [0.5, 0.6) is 5.75 Å². The lowest BCUT2D eigenvalue weighted by Crippen LogP contribution is -2.29. The predicted octanol–water partition coefficient (Wildman–Crippen LogP) is 5.15. The Morgan fingerprint density at radius 2 is 1.85 bits per heavy atom. The number of nitrogens with zero attached hydrogens (tertiary/aromatic N) is 3. The molecule has 1 N–H and O–H groups in total. The van der Waals surface area contributed by atoms with Gasteiger partial charge in [-0.3, -0.25) is 19.5 Å². The molecular weight excluding hydrogens is 530 g/mol. The van der Waals surface area contributed by atoms with E-state index < -0.39 is 23.7 Å². The zero-order chi connectivity index (χ0) is 28.4. The number of carbonyl (C=O) groups excluding carboxylic acids is 3. The van der Waals surface area contributed by atoms with Crippen molar-refractivity contribution < 1.29 is 29.0 Å². The first-order chi connectivity index (χ1) is 19.3. The molecule has 2 aromatic heterocycles. The highest BCUT2D eigenvalue weighted by molar-refractivity contribution is 7.17. The number of hydrogen-bond acceptors (Lipinski definition) is 9. The van der Waals surface area contributed by atoms with Crippen LogP contribution in [0.15, 0.2) is 78.6 Å². The number of amides is 1. The fraction of sp³-hybridized carbons (Fsp3) is 0.167.